The molecule has 0 saturated carbocycles. The molecule has 0 amide bonds. The Morgan fingerprint density at radius 1 is 1.28 bits per heavy atom. The summed E-state index contributed by atoms with van der Waals surface area (Å²) >= 11 is 5.85. The van der Waals surface area contributed by atoms with Crippen LogP contribution in [0.5, 0.6) is 0 Å². The molecule has 0 aliphatic rings. The molecule has 2 rings (SSSR count). The molecule has 0 saturated heterocycles. The zero-order valence-electron chi connectivity index (χ0n) is 10.5. The number of halogens is 1. The van der Waals surface area contributed by atoms with E-state index in [-0.39, 0.29) is 5.56 Å². The molecule has 0 spiro atoms. The van der Waals surface area contributed by atoms with Crippen LogP contribution in [0.2, 0.25) is 5.02 Å². The minimum Gasteiger partial charge on any atom is -0.393 e. The molecule has 5 heteroatoms. The molecule has 0 unspecified atom stereocenters. The van der Waals surface area contributed by atoms with Gasteiger partial charge in [0.05, 0.1) is 11.4 Å². The van der Waals surface area contributed by atoms with Gasteiger partial charge in [0.2, 0.25) is 0 Å². The molecule has 96 valence electrons. The standard InChI is InChI=1S/C13H16ClN3O/c1-3-4-11-12(15)13(18)17(16(11)2)10-7-5-9(14)6-8-10/h5-8H,3-4,15H2,1-2H3. The molecule has 1 aromatic heterocycles. The largest absolute Gasteiger partial charge is 0.393 e. The maximum Gasteiger partial charge on any atom is 0.294 e. The minimum absolute atomic E-state index is 0.178. The predicted octanol–water partition coefficient (Wildman–Crippen LogP) is 2.36. The highest BCUT2D eigenvalue weighted by Crippen LogP contribution is 2.16. The zero-order chi connectivity index (χ0) is 13.3. The molecule has 0 radical (unpaired) electrons. The fourth-order valence-electron chi connectivity index (χ4n) is 2.07. The van der Waals surface area contributed by atoms with Gasteiger partial charge in [-0.25, -0.2) is 4.68 Å². The SMILES string of the molecule is CCCc1c(N)c(=O)n(-c2ccc(Cl)cc2)n1C. The summed E-state index contributed by atoms with van der Waals surface area (Å²) in [6.07, 6.45) is 1.74. The van der Waals surface area contributed by atoms with E-state index in [2.05, 4.69) is 6.92 Å². The van der Waals surface area contributed by atoms with Crippen molar-refractivity contribution in [1.82, 2.24) is 9.36 Å². The van der Waals surface area contributed by atoms with E-state index in [0.29, 0.717) is 10.7 Å². The first-order valence-electron chi connectivity index (χ1n) is 5.88. The van der Waals surface area contributed by atoms with E-state index in [4.69, 9.17) is 17.3 Å². The monoisotopic (exact) mass is 265 g/mol. The second kappa shape index (κ2) is 4.90. The van der Waals surface area contributed by atoms with Gasteiger partial charge >= 0.3 is 0 Å². The maximum atomic E-state index is 12.2. The summed E-state index contributed by atoms with van der Waals surface area (Å²) in [5, 5.41) is 0.641. The molecule has 1 aromatic carbocycles. The summed E-state index contributed by atoms with van der Waals surface area (Å²) in [5.41, 5.74) is 7.67. The number of aromatic nitrogens is 2. The summed E-state index contributed by atoms with van der Waals surface area (Å²) in [6.45, 7) is 2.06. The van der Waals surface area contributed by atoms with Gasteiger partial charge in [0.1, 0.15) is 5.69 Å². The van der Waals surface area contributed by atoms with Crippen molar-refractivity contribution in [2.24, 2.45) is 7.05 Å². The molecule has 0 aliphatic carbocycles. The Labute approximate surface area is 111 Å². The lowest BCUT2D eigenvalue weighted by Gasteiger charge is -2.09. The molecular weight excluding hydrogens is 250 g/mol. The molecule has 2 N–H and O–H groups in total. The van der Waals surface area contributed by atoms with Gasteiger partial charge in [-0.15, -0.1) is 0 Å². The first-order chi connectivity index (χ1) is 8.56. The van der Waals surface area contributed by atoms with Crippen molar-refractivity contribution in [1.29, 1.82) is 0 Å². The normalized spacial score (nSPS) is 10.8. The fourth-order valence-corrected chi connectivity index (χ4v) is 2.20. The summed E-state index contributed by atoms with van der Waals surface area (Å²) in [5.74, 6) is 0. The molecule has 1 heterocycles. The van der Waals surface area contributed by atoms with Crippen LogP contribution in [0.1, 0.15) is 19.0 Å². The van der Waals surface area contributed by atoms with Crippen LogP contribution in [0.15, 0.2) is 29.1 Å². The highest BCUT2D eigenvalue weighted by molar-refractivity contribution is 6.30. The van der Waals surface area contributed by atoms with E-state index in [0.717, 1.165) is 24.2 Å². The van der Waals surface area contributed by atoms with Crippen LogP contribution < -0.4 is 11.3 Å². The second-order valence-corrected chi connectivity index (χ2v) is 4.66. The van der Waals surface area contributed by atoms with Crippen LogP contribution in [0.3, 0.4) is 0 Å². The van der Waals surface area contributed by atoms with Gasteiger partial charge in [0, 0.05) is 12.1 Å². The van der Waals surface area contributed by atoms with E-state index < -0.39 is 0 Å². The minimum atomic E-state index is -0.178. The first-order valence-corrected chi connectivity index (χ1v) is 6.26. The van der Waals surface area contributed by atoms with Gasteiger partial charge in [-0.2, -0.15) is 0 Å². The number of hydrogen-bond donors (Lipinski definition) is 1. The number of nitrogens with two attached hydrogens (primary N) is 1. The van der Waals surface area contributed by atoms with Gasteiger partial charge in [-0.3, -0.25) is 9.48 Å². The molecule has 0 fully saturated rings. The van der Waals surface area contributed by atoms with E-state index in [1.54, 1.807) is 28.9 Å². The summed E-state index contributed by atoms with van der Waals surface area (Å²) in [4.78, 5) is 12.2. The number of nitrogen functional groups attached to an aromatic ring is 1. The lowest BCUT2D eigenvalue weighted by atomic mass is 10.2. The highest BCUT2D eigenvalue weighted by atomic mass is 35.5. The van der Waals surface area contributed by atoms with Crippen molar-refractivity contribution in [3.8, 4) is 5.69 Å². The number of hydrogen-bond acceptors (Lipinski definition) is 2. The first kappa shape index (κ1) is 12.8. The number of benzene rings is 1. The Morgan fingerprint density at radius 2 is 1.89 bits per heavy atom. The molecule has 0 bridgehead atoms. The third-order valence-electron chi connectivity index (χ3n) is 2.98. The molecule has 0 atom stereocenters. The van der Waals surface area contributed by atoms with Crippen LogP contribution in [0.4, 0.5) is 5.69 Å². The van der Waals surface area contributed by atoms with E-state index in [9.17, 15) is 4.79 Å². The third-order valence-corrected chi connectivity index (χ3v) is 3.23. The average molecular weight is 266 g/mol. The average Bonchev–Trinajstić information content (AvgIpc) is 2.56. The van der Waals surface area contributed by atoms with Gasteiger partial charge in [0.15, 0.2) is 0 Å². The van der Waals surface area contributed by atoms with E-state index in [1.807, 2.05) is 11.7 Å². The van der Waals surface area contributed by atoms with Gasteiger partial charge in [0.25, 0.3) is 5.56 Å². The van der Waals surface area contributed by atoms with Crippen molar-refractivity contribution in [2.45, 2.75) is 19.8 Å². The smallest absolute Gasteiger partial charge is 0.294 e. The molecule has 4 nitrogen and oxygen atoms in total. The van der Waals surface area contributed by atoms with Gasteiger partial charge in [-0.05, 0) is 30.7 Å². The summed E-state index contributed by atoms with van der Waals surface area (Å²) < 4.78 is 3.38. The maximum absolute atomic E-state index is 12.2. The Balaban J connectivity index is 2.61. The van der Waals surface area contributed by atoms with E-state index >= 15 is 0 Å². The van der Waals surface area contributed by atoms with E-state index in [1.165, 1.54) is 0 Å². The topological polar surface area (TPSA) is 53.0 Å². The summed E-state index contributed by atoms with van der Waals surface area (Å²) in [6, 6.07) is 7.12. The number of anilines is 1. The summed E-state index contributed by atoms with van der Waals surface area (Å²) in [7, 11) is 1.84. The van der Waals surface area contributed by atoms with Crippen LogP contribution in [0, 0.1) is 0 Å². The molecular formula is C13H16ClN3O. The van der Waals surface area contributed by atoms with Crippen molar-refractivity contribution >= 4 is 17.3 Å². The molecule has 0 aliphatic heterocycles. The van der Waals surface area contributed by atoms with Crippen molar-refractivity contribution in [2.75, 3.05) is 5.73 Å². The van der Waals surface area contributed by atoms with Crippen LogP contribution >= 0.6 is 11.6 Å². The highest BCUT2D eigenvalue weighted by Gasteiger charge is 2.15. The predicted molar refractivity (Wildman–Crippen MR) is 74.4 cm³/mol. The fraction of sp³-hybridized carbons (Fsp3) is 0.308. The Bertz CT molecular complexity index is 610. The lowest BCUT2D eigenvalue weighted by molar-refractivity contribution is 0.610. The lowest BCUT2D eigenvalue weighted by Crippen LogP contribution is -2.20. The van der Waals surface area contributed by atoms with Crippen LogP contribution in [0.25, 0.3) is 5.69 Å². The van der Waals surface area contributed by atoms with Crippen molar-refractivity contribution in [3.05, 3.63) is 45.3 Å². The Kier molecular flexibility index (Phi) is 3.48. The molecule has 18 heavy (non-hydrogen) atoms. The van der Waals surface area contributed by atoms with Gasteiger partial charge in [-0.1, -0.05) is 24.9 Å². The Morgan fingerprint density at radius 3 is 2.44 bits per heavy atom. The van der Waals surface area contributed by atoms with Crippen molar-refractivity contribution in [3.63, 3.8) is 0 Å². The van der Waals surface area contributed by atoms with Crippen molar-refractivity contribution < 1.29 is 0 Å². The molecule has 2 aromatic rings. The third kappa shape index (κ3) is 2.04. The Hall–Kier alpha value is -1.68. The second-order valence-electron chi connectivity index (χ2n) is 4.23. The zero-order valence-corrected chi connectivity index (χ0v) is 11.2. The van der Waals surface area contributed by atoms with Crippen LogP contribution in [-0.4, -0.2) is 9.36 Å². The number of nitrogens with zero attached hydrogens (tertiary/aromatic N) is 2. The van der Waals surface area contributed by atoms with Crippen LogP contribution in [-0.2, 0) is 13.5 Å². The number of rotatable bonds is 3. The quantitative estimate of drug-likeness (QED) is 0.926. The van der Waals surface area contributed by atoms with Gasteiger partial charge < -0.3 is 5.73 Å².